The molecule has 0 aliphatic rings. The molecule has 0 aliphatic carbocycles. The fraction of sp³-hybridized carbons (Fsp3) is 0.154. The molecular formula is C26H24ClN5O3S. The van der Waals surface area contributed by atoms with E-state index in [9.17, 15) is 9.59 Å². The maximum Gasteiger partial charge on any atom is 0.251 e. The number of anilines is 1. The van der Waals surface area contributed by atoms with Gasteiger partial charge in [0.15, 0.2) is 11.0 Å². The number of methoxy groups -OCH3 is 1. The van der Waals surface area contributed by atoms with Gasteiger partial charge in [-0.15, -0.1) is 10.2 Å². The number of aromatic nitrogens is 3. The minimum Gasteiger partial charge on any atom is -0.497 e. The summed E-state index contributed by atoms with van der Waals surface area (Å²) in [5.41, 5.74) is 2.98. The maximum atomic E-state index is 12.7. The van der Waals surface area contributed by atoms with Gasteiger partial charge >= 0.3 is 0 Å². The topological polar surface area (TPSA) is 98.1 Å². The highest BCUT2D eigenvalue weighted by molar-refractivity contribution is 7.99. The van der Waals surface area contributed by atoms with Crippen molar-refractivity contribution < 1.29 is 14.3 Å². The molecule has 10 heteroatoms. The number of aryl methyl sites for hydroxylation is 1. The summed E-state index contributed by atoms with van der Waals surface area (Å²) < 4.78 is 6.97. The lowest BCUT2D eigenvalue weighted by atomic mass is 10.2. The van der Waals surface area contributed by atoms with Crippen LogP contribution >= 0.6 is 23.4 Å². The lowest BCUT2D eigenvalue weighted by Crippen LogP contribution is -2.24. The first kappa shape index (κ1) is 25.3. The Morgan fingerprint density at radius 2 is 1.83 bits per heavy atom. The molecule has 0 atom stereocenters. The number of ether oxygens (including phenoxy) is 1. The van der Waals surface area contributed by atoms with Crippen molar-refractivity contribution in [2.24, 2.45) is 0 Å². The molecule has 1 aromatic heterocycles. The molecule has 2 amide bonds. The van der Waals surface area contributed by atoms with Crippen LogP contribution in [0.15, 0.2) is 78.0 Å². The van der Waals surface area contributed by atoms with E-state index in [1.807, 2.05) is 43.3 Å². The van der Waals surface area contributed by atoms with E-state index in [0.29, 0.717) is 27.3 Å². The lowest BCUT2D eigenvalue weighted by molar-refractivity contribution is -0.113. The average Bonchev–Trinajstić information content (AvgIpc) is 3.29. The fourth-order valence-electron chi connectivity index (χ4n) is 3.46. The quantitative estimate of drug-likeness (QED) is 0.304. The van der Waals surface area contributed by atoms with Crippen molar-refractivity contribution >= 4 is 40.9 Å². The number of nitrogens with one attached hydrogen (secondary N) is 2. The highest BCUT2D eigenvalue weighted by atomic mass is 35.5. The molecule has 0 radical (unpaired) electrons. The molecule has 184 valence electrons. The summed E-state index contributed by atoms with van der Waals surface area (Å²) >= 11 is 7.47. The van der Waals surface area contributed by atoms with Gasteiger partial charge in [0.05, 0.1) is 25.1 Å². The number of hydrogen-bond acceptors (Lipinski definition) is 6. The molecule has 4 aromatic rings. The first-order chi connectivity index (χ1) is 17.4. The maximum absolute atomic E-state index is 12.7. The molecule has 2 N–H and O–H groups in total. The van der Waals surface area contributed by atoms with Gasteiger partial charge in [0, 0.05) is 16.3 Å². The molecule has 0 bridgehead atoms. The monoisotopic (exact) mass is 521 g/mol. The van der Waals surface area contributed by atoms with E-state index in [4.69, 9.17) is 16.3 Å². The van der Waals surface area contributed by atoms with Crippen LogP contribution in [0, 0.1) is 6.92 Å². The number of rotatable bonds is 9. The van der Waals surface area contributed by atoms with Gasteiger partial charge in [-0.05, 0) is 61.0 Å². The summed E-state index contributed by atoms with van der Waals surface area (Å²) in [6.07, 6.45) is 0. The molecule has 0 saturated carbocycles. The number of carbonyl (C=O) groups is 2. The molecule has 0 saturated heterocycles. The van der Waals surface area contributed by atoms with E-state index in [1.54, 1.807) is 48.1 Å². The number of halogens is 1. The molecule has 3 aromatic carbocycles. The van der Waals surface area contributed by atoms with Crippen molar-refractivity contribution in [2.75, 3.05) is 18.2 Å². The third-order valence-corrected chi connectivity index (χ3v) is 6.30. The molecular weight excluding hydrogens is 498 g/mol. The van der Waals surface area contributed by atoms with Crippen LogP contribution < -0.4 is 15.4 Å². The van der Waals surface area contributed by atoms with Crippen LogP contribution in [0.2, 0.25) is 5.02 Å². The number of benzene rings is 3. The van der Waals surface area contributed by atoms with Gasteiger partial charge in [-0.1, -0.05) is 47.6 Å². The Kier molecular flexibility index (Phi) is 8.24. The van der Waals surface area contributed by atoms with Gasteiger partial charge in [0.2, 0.25) is 5.91 Å². The van der Waals surface area contributed by atoms with Gasteiger partial charge in [-0.3, -0.25) is 14.2 Å². The number of thioether (sulfide) groups is 1. The second kappa shape index (κ2) is 11.7. The summed E-state index contributed by atoms with van der Waals surface area (Å²) in [4.78, 5) is 25.3. The van der Waals surface area contributed by atoms with E-state index in [2.05, 4.69) is 20.8 Å². The van der Waals surface area contributed by atoms with Crippen LogP contribution in [0.25, 0.3) is 5.69 Å². The zero-order chi connectivity index (χ0) is 25.5. The SMILES string of the molecule is COc1cccc(C(=O)NCc2nnc(SCC(=O)Nc3cccc(C)c3)n2-c2cccc(Cl)c2)c1. The number of nitrogens with zero attached hydrogens (tertiary/aromatic N) is 3. The first-order valence-electron chi connectivity index (χ1n) is 11.0. The second-order valence-corrected chi connectivity index (χ2v) is 9.21. The molecule has 0 spiro atoms. The fourth-order valence-corrected chi connectivity index (χ4v) is 4.41. The molecule has 8 nitrogen and oxygen atoms in total. The van der Waals surface area contributed by atoms with E-state index < -0.39 is 0 Å². The van der Waals surface area contributed by atoms with Crippen molar-refractivity contribution in [3.05, 3.63) is 94.8 Å². The van der Waals surface area contributed by atoms with Gasteiger partial charge in [0.1, 0.15) is 5.75 Å². The lowest BCUT2D eigenvalue weighted by Gasteiger charge is -2.12. The Bertz CT molecular complexity index is 1390. The van der Waals surface area contributed by atoms with E-state index in [0.717, 1.165) is 16.9 Å². The molecule has 0 unspecified atom stereocenters. The Balaban J connectivity index is 1.51. The smallest absolute Gasteiger partial charge is 0.251 e. The zero-order valence-electron chi connectivity index (χ0n) is 19.7. The minimum absolute atomic E-state index is 0.117. The molecule has 1 heterocycles. The van der Waals surface area contributed by atoms with Crippen LogP contribution in [0.1, 0.15) is 21.7 Å². The molecule has 0 fully saturated rings. The van der Waals surface area contributed by atoms with Crippen molar-refractivity contribution in [2.45, 2.75) is 18.6 Å². The van der Waals surface area contributed by atoms with Crippen LogP contribution in [-0.4, -0.2) is 39.4 Å². The van der Waals surface area contributed by atoms with Crippen molar-refractivity contribution in [1.29, 1.82) is 0 Å². The van der Waals surface area contributed by atoms with E-state index in [-0.39, 0.29) is 24.1 Å². The normalized spacial score (nSPS) is 10.6. The van der Waals surface area contributed by atoms with Gasteiger partial charge in [-0.2, -0.15) is 0 Å². The second-order valence-electron chi connectivity index (χ2n) is 7.84. The van der Waals surface area contributed by atoms with Crippen molar-refractivity contribution in [3.8, 4) is 11.4 Å². The molecule has 4 rings (SSSR count). The number of carbonyl (C=O) groups excluding carboxylic acids is 2. The molecule has 36 heavy (non-hydrogen) atoms. The Morgan fingerprint density at radius 1 is 1.03 bits per heavy atom. The van der Waals surface area contributed by atoms with Crippen LogP contribution in [0.4, 0.5) is 5.69 Å². The van der Waals surface area contributed by atoms with Crippen LogP contribution in [0.3, 0.4) is 0 Å². The Labute approximate surface area is 218 Å². The standard InChI is InChI=1S/C26H24ClN5O3S/c1-17-6-3-9-20(12-17)29-24(33)16-36-26-31-30-23(32(26)21-10-5-8-19(27)14-21)15-28-25(34)18-7-4-11-22(13-18)35-2/h3-14H,15-16H2,1-2H3,(H,28,34)(H,29,33). The van der Waals surface area contributed by atoms with E-state index >= 15 is 0 Å². The van der Waals surface area contributed by atoms with Crippen molar-refractivity contribution in [1.82, 2.24) is 20.1 Å². The third kappa shape index (κ3) is 6.44. The van der Waals surface area contributed by atoms with Crippen LogP contribution in [-0.2, 0) is 11.3 Å². The van der Waals surface area contributed by atoms with Gasteiger partial charge < -0.3 is 15.4 Å². The van der Waals surface area contributed by atoms with E-state index in [1.165, 1.54) is 11.8 Å². The summed E-state index contributed by atoms with van der Waals surface area (Å²) in [5, 5.41) is 15.4. The predicted octanol–water partition coefficient (Wildman–Crippen LogP) is 4.90. The average molecular weight is 522 g/mol. The largest absolute Gasteiger partial charge is 0.497 e. The predicted molar refractivity (Wildman–Crippen MR) is 141 cm³/mol. The van der Waals surface area contributed by atoms with Gasteiger partial charge in [0.25, 0.3) is 5.91 Å². The first-order valence-corrected chi connectivity index (χ1v) is 12.4. The van der Waals surface area contributed by atoms with Gasteiger partial charge in [-0.25, -0.2) is 0 Å². The Hall–Kier alpha value is -3.82. The summed E-state index contributed by atoms with van der Waals surface area (Å²) in [6, 6.07) is 21.7. The number of amides is 2. The summed E-state index contributed by atoms with van der Waals surface area (Å²) in [5.74, 6) is 0.769. The Morgan fingerprint density at radius 3 is 2.61 bits per heavy atom. The third-order valence-electron chi connectivity index (χ3n) is 5.14. The summed E-state index contributed by atoms with van der Waals surface area (Å²) in [6.45, 7) is 2.08. The highest BCUT2D eigenvalue weighted by Crippen LogP contribution is 2.24. The highest BCUT2D eigenvalue weighted by Gasteiger charge is 2.17. The summed E-state index contributed by atoms with van der Waals surface area (Å²) in [7, 11) is 1.55. The van der Waals surface area contributed by atoms with Crippen LogP contribution in [0.5, 0.6) is 5.75 Å². The van der Waals surface area contributed by atoms with Crippen molar-refractivity contribution in [3.63, 3.8) is 0 Å². The minimum atomic E-state index is -0.277. The zero-order valence-corrected chi connectivity index (χ0v) is 21.3. The number of hydrogen-bond donors (Lipinski definition) is 2. The molecule has 0 aliphatic heterocycles.